The molecule has 1 aromatic heterocycles. The molecule has 0 radical (unpaired) electrons. The first kappa shape index (κ1) is 15.5. The van der Waals surface area contributed by atoms with Crippen molar-refractivity contribution in [3.05, 3.63) is 18.0 Å². The minimum atomic E-state index is -0.443. The molecule has 0 aliphatic carbocycles. The number of aromatic nitrogens is 2. The number of hydrogen-bond donors (Lipinski definition) is 2. The van der Waals surface area contributed by atoms with E-state index in [0.29, 0.717) is 6.54 Å². The number of aryl methyl sites for hydroxylation is 1. The first-order chi connectivity index (χ1) is 8.88. The second-order valence-electron chi connectivity index (χ2n) is 5.41. The Labute approximate surface area is 114 Å². The van der Waals surface area contributed by atoms with Crippen LogP contribution in [0.15, 0.2) is 12.3 Å². The molecule has 2 N–H and O–H groups in total. The van der Waals surface area contributed by atoms with Gasteiger partial charge in [0.2, 0.25) is 0 Å². The van der Waals surface area contributed by atoms with E-state index >= 15 is 0 Å². The van der Waals surface area contributed by atoms with Crippen LogP contribution in [0.5, 0.6) is 0 Å². The van der Waals surface area contributed by atoms with Gasteiger partial charge in [-0.2, -0.15) is 5.10 Å². The third kappa shape index (κ3) is 6.81. The highest BCUT2D eigenvalue weighted by Crippen LogP contribution is 2.06. The first-order valence-electron chi connectivity index (χ1n) is 6.53. The summed E-state index contributed by atoms with van der Waals surface area (Å²) in [6.07, 6.45) is 2.28. The standard InChI is InChI=1S/C13H24N4O2/c1-13(2,3)19-12(18)15-8-5-7-14-10-11-6-9-16-17(11)4/h6,9,14H,5,7-8,10H2,1-4H3,(H,15,18). The van der Waals surface area contributed by atoms with Crippen LogP contribution in [0.25, 0.3) is 0 Å². The molecule has 1 amide bonds. The molecular formula is C13H24N4O2. The van der Waals surface area contributed by atoms with Gasteiger partial charge in [-0.3, -0.25) is 4.68 Å². The molecule has 0 aromatic carbocycles. The number of alkyl carbamates (subject to hydrolysis) is 1. The second kappa shape index (κ2) is 7.13. The van der Waals surface area contributed by atoms with Gasteiger partial charge in [-0.25, -0.2) is 4.79 Å². The fraction of sp³-hybridized carbons (Fsp3) is 0.692. The van der Waals surface area contributed by atoms with Crippen molar-refractivity contribution in [3.8, 4) is 0 Å². The molecule has 19 heavy (non-hydrogen) atoms. The number of nitrogens with zero attached hydrogens (tertiary/aromatic N) is 2. The maximum Gasteiger partial charge on any atom is 0.407 e. The van der Waals surface area contributed by atoms with E-state index in [1.54, 1.807) is 6.20 Å². The molecule has 0 saturated heterocycles. The van der Waals surface area contributed by atoms with E-state index in [9.17, 15) is 4.79 Å². The zero-order valence-electron chi connectivity index (χ0n) is 12.2. The van der Waals surface area contributed by atoms with E-state index in [0.717, 1.165) is 25.2 Å². The first-order valence-corrected chi connectivity index (χ1v) is 6.53. The lowest BCUT2D eigenvalue weighted by molar-refractivity contribution is 0.0527. The molecule has 108 valence electrons. The summed E-state index contributed by atoms with van der Waals surface area (Å²) in [4.78, 5) is 11.4. The van der Waals surface area contributed by atoms with E-state index < -0.39 is 5.60 Å². The smallest absolute Gasteiger partial charge is 0.407 e. The summed E-state index contributed by atoms with van der Waals surface area (Å²) in [5, 5.41) is 10.1. The third-order valence-electron chi connectivity index (χ3n) is 2.43. The summed E-state index contributed by atoms with van der Waals surface area (Å²) in [5.74, 6) is 0. The van der Waals surface area contributed by atoms with Crippen LogP contribution < -0.4 is 10.6 Å². The Balaban J connectivity index is 2.03. The van der Waals surface area contributed by atoms with Crippen molar-refractivity contribution in [2.24, 2.45) is 7.05 Å². The van der Waals surface area contributed by atoms with Gasteiger partial charge in [0, 0.05) is 26.3 Å². The van der Waals surface area contributed by atoms with E-state index in [-0.39, 0.29) is 6.09 Å². The fourth-order valence-corrected chi connectivity index (χ4v) is 1.51. The van der Waals surface area contributed by atoms with Crippen molar-refractivity contribution in [1.82, 2.24) is 20.4 Å². The van der Waals surface area contributed by atoms with E-state index in [1.807, 2.05) is 38.6 Å². The molecule has 1 heterocycles. The van der Waals surface area contributed by atoms with Gasteiger partial charge < -0.3 is 15.4 Å². The minimum Gasteiger partial charge on any atom is -0.444 e. The molecule has 0 aliphatic rings. The SMILES string of the molecule is Cn1nccc1CNCCCNC(=O)OC(C)(C)C. The molecule has 0 spiro atoms. The number of carbonyl (C=O) groups is 1. The van der Waals surface area contributed by atoms with Gasteiger partial charge in [0.25, 0.3) is 0 Å². The third-order valence-corrected chi connectivity index (χ3v) is 2.43. The van der Waals surface area contributed by atoms with Gasteiger partial charge in [0.15, 0.2) is 0 Å². The predicted molar refractivity (Wildman–Crippen MR) is 73.8 cm³/mol. The number of ether oxygens (including phenoxy) is 1. The Kier molecular flexibility index (Phi) is 5.82. The maximum absolute atomic E-state index is 11.4. The number of amides is 1. The highest BCUT2D eigenvalue weighted by molar-refractivity contribution is 5.67. The normalized spacial score (nSPS) is 11.4. The van der Waals surface area contributed by atoms with E-state index in [1.165, 1.54) is 0 Å². The maximum atomic E-state index is 11.4. The number of nitrogens with one attached hydrogen (secondary N) is 2. The van der Waals surface area contributed by atoms with Gasteiger partial charge in [-0.1, -0.05) is 0 Å². The molecule has 0 unspecified atom stereocenters. The van der Waals surface area contributed by atoms with Crippen molar-refractivity contribution >= 4 is 6.09 Å². The Morgan fingerprint density at radius 3 is 2.74 bits per heavy atom. The number of hydrogen-bond acceptors (Lipinski definition) is 4. The largest absolute Gasteiger partial charge is 0.444 e. The summed E-state index contributed by atoms with van der Waals surface area (Å²) in [6, 6.07) is 1.98. The highest BCUT2D eigenvalue weighted by atomic mass is 16.6. The van der Waals surface area contributed by atoms with Crippen molar-refractivity contribution in [3.63, 3.8) is 0 Å². The molecular weight excluding hydrogens is 244 g/mol. The summed E-state index contributed by atoms with van der Waals surface area (Å²) >= 11 is 0. The quantitative estimate of drug-likeness (QED) is 0.766. The van der Waals surface area contributed by atoms with Crippen LogP contribution in [0, 0.1) is 0 Å². The average molecular weight is 268 g/mol. The molecule has 0 aliphatic heterocycles. The van der Waals surface area contributed by atoms with Crippen LogP contribution in [0.2, 0.25) is 0 Å². The molecule has 1 aromatic rings. The van der Waals surface area contributed by atoms with Gasteiger partial charge in [0.1, 0.15) is 5.60 Å². The summed E-state index contributed by atoms with van der Waals surface area (Å²) in [6.45, 7) is 7.77. The molecule has 0 atom stereocenters. The van der Waals surface area contributed by atoms with Gasteiger partial charge in [0.05, 0.1) is 5.69 Å². The molecule has 6 nitrogen and oxygen atoms in total. The Morgan fingerprint density at radius 1 is 1.42 bits per heavy atom. The highest BCUT2D eigenvalue weighted by Gasteiger charge is 2.15. The minimum absolute atomic E-state index is 0.362. The fourth-order valence-electron chi connectivity index (χ4n) is 1.51. The lowest BCUT2D eigenvalue weighted by Crippen LogP contribution is -2.33. The van der Waals surface area contributed by atoms with Crippen molar-refractivity contribution < 1.29 is 9.53 Å². The van der Waals surface area contributed by atoms with Gasteiger partial charge in [-0.15, -0.1) is 0 Å². The Morgan fingerprint density at radius 2 is 2.16 bits per heavy atom. The summed E-state index contributed by atoms with van der Waals surface area (Å²) in [5.41, 5.74) is 0.696. The zero-order chi connectivity index (χ0) is 14.3. The van der Waals surface area contributed by atoms with Crippen molar-refractivity contribution in [2.75, 3.05) is 13.1 Å². The zero-order valence-corrected chi connectivity index (χ0v) is 12.2. The van der Waals surface area contributed by atoms with Crippen LogP contribution in [0.3, 0.4) is 0 Å². The van der Waals surface area contributed by atoms with E-state index in [4.69, 9.17) is 4.74 Å². The average Bonchev–Trinajstić information content (AvgIpc) is 2.67. The molecule has 0 saturated carbocycles. The lowest BCUT2D eigenvalue weighted by Gasteiger charge is -2.19. The molecule has 1 rings (SSSR count). The van der Waals surface area contributed by atoms with Crippen LogP contribution in [-0.4, -0.2) is 34.6 Å². The van der Waals surface area contributed by atoms with Crippen LogP contribution in [-0.2, 0) is 18.3 Å². The number of rotatable bonds is 6. The summed E-state index contributed by atoms with van der Waals surface area (Å²) < 4.78 is 6.98. The molecule has 0 fully saturated rings. The molecule has 0 bridgehead atoms. The lowest BCUT2D eigenvalue weighted by atomic mass is 10.2. The predicted octanol–water partition coefficient (Wildman–Crippen LogP) is 1.42. The number of carbonyl (C=O) groups excluding carboxylic acids is 1. The van der Waals surface area contributed by atoms with Gasteiger partial charge >= 0.3 is 6.09 Å². The monoisotopic (exact) mass is 268 g/mol. The van der Waals surface area contributed by atoms with Crippen LogP contribution in [0.1, 0.15) is 32.9 Å². The van der Waals surface area contributed by atoms with Crippen molar-refractivity contribution in [1.29, 1.82) is 0 Å². The topological polar surface area (TPSA) is 68.2 Å². The second-order valence-corrected chi connectivity index (χ2v) is 5.41. The Bertz CT molecular complexity index is 396. The van der Waals surface area contributed by atoms with Gasteiger partial charge in [-0.05, 0) is 39.8 Å². The van der Waals surface area contributed by atoms with Crippen LogP contribution >= 0.6 is 0 Å². The van der Waals surface area contributed by atoms with Crippen molar-refractivity contribution in [2.45, 2.75) is 39.3 Å². The van der Waals surface area contributed by atoms with Crippen LogP contribution in [0.4, 0.5) is 4.79 Å². The van der Waals surface area contributed by atoms with E-state index in [2.05, 4.69) is 15.7 Å². The molecule has 6 heteroatoms. The Hall–Kier alpha value is -1.56. The summed E-state index contributed by atoms with van der Waals surface area (Å²) in [7, 11) is 1.92.